The second-order valence-corrected chi connectivity index (χ2v) is 8.55. The van der Waals surface area contributed by atoms with Crippen molar-refractivity contribution >= 4 is 0 Å². The van der Waals surface area contributed by atoms with E-state index in [-0.39, 0.29) is 6.10 Å². The maximum absolute atomic E-state index is 10.2. The number of hydrogen-bond donors (Lipinski definition) is 1. The topological polar surface area (TPSA) is 45.2 Å². The van der Waals surface area contributed by atoms with Crippen molar-refractivity contribution in [3.63, 3.8) is 0 Å². The number of piperazine rings is 1. The summed E-state index contributed by atoms with van der Waals surface area (Å²) < 4.78 is 11.2. The van der Waals surface area contributed by atoms with E-state index in [0.29, 0.717) is 25.3 Å². The molecular formula is C25H34N2O3. The molecule has 2 aromatic carbocycles. The summed E-state index contributed by atoms with van der Waals surface area (Å²) in [6, 6.07) is 18.1. The minimum absolute atomic E-state index is 0.189. The van der Waals surface area contributed by atoms with E-state index in [2.05, 4.69) is 58.3 Å². The zero-order valence-corrected chi connectivity index (χ0v) is 18.2. The minimum atomic E-state index is -0.189. The number of hydrogen-bond acceptors (Lipinski definition) is 5. The Morgan fingerprint density at radius 3 is 2.63 bits per heavy atom. The molecular weight excluding hydrogens is 376 g/mol. The molecule has 3 atom stereocenters. The van der Waals surface area contributed by atoms with Crippen LogP contribution in [0.1, 0.15) is 30.0 Å². The van der Waals surface area contributed by atoms with Gasteiger partial charge in [-0.25, -0.2) is 0 Å². The van der Waals surface area contributed by atoms with Gasteiger partial charge in [-0.1, -0.05) is 36.4 Å². The summed E-state index contributed by atoms with van der Waals surface area (Å²) in [6.07, 6.45) is 1.72. The number of nitrogens with zero attached hydrogens (tertiary/aromatic N) is 2. The first-order valence-corrected chi connectivity index (χ1v) is 11.1. The summed E-state index contributed by atoms with van der Waals surface area (Å²) in [5, 5.41) is 10.2. The first-order chi connectivity index (χ1) is 14.7. The molecule has 5 nitrogen and oxygen atoms in total. The van der Waals surface area contributed by atoms with Crippen molar-refractivity contribution in [2.24, 2.45) is 0 Å². The Morgan fingerprint density at radius 1 is 1.03 bits per heavy atom. The van der Waals surface area contributed by atoms with Gasteiger partial charge in [-0.05, 0) is 43.0 Å². The van der Waals surface area contributed by atoms with E-state index in [1.54, 1.807) is 7.11 Å². The number of rotatable bonds is 8. The second kappa shape index (κ2) is 9.92. The zero-order chi connectivity index (χ0) is 20.9. The van der Waals surface area contributed by atoms with Gasteiger partial charge in [-0.15, -0.1) is 0 Å². The lowest BCUT2D eigenvalue weighted by Gasteiger charge is -2.44. The van der Waals surface area contributed by atoms with E-state index < -0.39 is 0 Å². The van der Waals surface area contributed by atoms with Crippen LogP contribution in [0.3, 0.4) is 0 Å². The van der Waals surface area contributed by atoms with Gasteiger partial charge in [0.2, 0.25) is 0 Å². The van der Waals surface area contributed by atoms with E-state index in [4.69, 9.17) is 9.47 Å². The molecule has 0 aromatic heterocycles. The van der Waals surface area contributed by atoms with Gasteiger partial charge in [-0.2, -0.15) is 0 Å². The van der Waals surface area contributed by atoms with Crippen LogP contribution in [-0.4, -0.2) is 66.4 Å². The van der Waals surface area contributed by atoms with Crippen LogP contribution in [0.5, 0.6) is 5.75 Å². The van der Waals surface area contributed by atoms with Gasteiger partial charge in [0.1, 0.15) is 5.75 Å². The van der Waals surface area contributed by atoms with Crippen LogP contribution in [0.2, 0.25) is 0 Å². The molecule has 1 N–H and O–H groups in total. The summed E-state index contributed by atoms with van der Waals surface area (Å²) in [6.45, 7) is 7.01. The van der Waals surface area contributed by atoms with Gasteiger partial charge in [-0.3, -0.25) is 9.80 Å². The molecule has 4 rings (SSSR count). The van der Waals surface area contributed by atoms with Gasteiger partial charge >= 0.3 is 0 Å². The van der Waals surface area contributed by atoms with Gasteiger partial charge in [0, 0.05) is 50.4 Å². The Hall–Kier alpha value is -1.92. The van der Waals surface area contributed by atoms with Crippen molar-refractivity contribution in [2.75, 3.05) is 33.4 Å². The Labute approximate surface area is 180 Å². The molecule has 30 heavy (non-hydrogen) atoms. The SMILES string of the molecule is CCOCc1cc(CN2C[C@@H]3C[C@@H](O)CN3C[C@@H]2Cc2ccccc2)ccc1OC. The molecule has 5 heteroatoms. The number of ether oxygens (including phenoxy) is 2. The fourth-order valence-corrected chi connectivity index (χ4v) is 4.94. The highest BCUT2D eigenvalue weighted by atomic mass is 16.5. The first-order valence-electron chi connectivity index (χ1n) is 11.1. The lowest BCUT2D eigenvalue weighted by atomic mass is 9.98. The van der Waals surface area contributed by atoms with Crippen LogP contribution >= 0.6 is 0 Å². The molecule has 2 saturated heterocycles. The molecule has 0 spiro atoms. The molecule has 2 aliphatic heterocycles. The van der Waals surface area contributed by atoms with Crippen molar-refractivity contribution in [2.45, 2.75) is 51.1 Å². The summed E-state index contributed by atoms with van der Waals surface area (Å²) in [7, 11) is 1.71. The van der Waals surface area contributed by atoms with Gasteiger partial charge in [0.25, 0.3) is 0 Å². The summed E-state index contributed by atoms with van der Waals surface area (Å²) in [4.78, 5) is 5.10. The fraction of sp³-hybridized carbons (Fsp3) is 0.520. The molecule has 0 unspecified atom stereocenters. The molecule has 0 saturated carbocycles. The molecule has 2 fully saturated rings. The predicted octanol–water partition coefficient (Wildman–Crippen LogP) is 3.09. The molecule has 2 heterocycles. The molecule has 0 radical (unpaired) electrons. The van der Waals surface area contributed by atoms with Crippen molar-refractivity contribution in [3.05, 3.63) is 65.2 Å². The van der Waals surface area contributed by atoms with Crippen LogP contribution in [-0.2, 0) is 24.3 Å². The normalized spacial score (nSPS) is 24.7. The molecule has 2 aliphatic rings. The lowest BCUT2D eigenvalue weighted by molar-refractivity contribution is 0.0444. The molecule has 2 aromatic rings. The molecule has 162 valence electrons. The Kier molecular flexibility index (Phi) is 7.05. The lowest BCUT2D eigenvalue weighted by Crippen LogP contribution is -2.56. The van der Waals surface area contributed by atoms with Crippen molar-refractivity contribution in [3.8, 4) is 5.75 Å². The van der Waals surface area contributed by atoms with Gasteiger partial charge < -0.3 is 14.6 Å². The average molecular weight is 411 g/mol. The van der Waals surface area contributed by atoms with Crippen LogP contribution < -0.4 is 4.74 Å². The summed E-state index contributed by atoms with van der Waals surface area (Å²) in [5.41, 5.74) is 3.76. The van der Waals surface area contributed by atoms with Gasteiger partial charge in [0.15, 0.2) is 0 Å². The van der Waals surface area contributed by atoms with E-state index in [1.807, 2.05) is 6.92 Å². The summed E-state index contributed by atoms with van der Waals surface area (Å²) in [5.74, 6) is 0.886. The highest BCUT2D eigenvalue weighted by molar-refractivity contribution is 5.37. The maximum Gasteiger partial charge on any atom is 0.124 e. The zero-order valence-electron chi connectivity index (χ0n) is 18.2. The largest absolute Gasteiger partial charge is 0.496 e. The standard InChI is InChI=1S/C25H34N2O3/c1-3-30-18-21-11-20(9-10-25(21)29-2)14-26-16-23-13-24(28)17-27(23)15-22(26)12-19-7-5-4-6-8-19/h4-11,22-24,28H,3,12-18H2,1-2H3/t22-,23-,24+/m0/s1. The fourth-order valence-electron chi connectivity index (χ4n) is 4.94. The van der Waals surface area contributed by atoms with Crippen molar-refractivity contribution < 1.29 is 14.6 Å². The van der Waals surface area contributed by atoms with Crippen LogP contribution in [0.25, 0.3) is 0 Å². The Bertz CT molecular complexity index is 813. The van der Waals surface area contributed by atoms with Crippen LogP contribution in [0.4, 0.5) is 0 Å². The molecule has 0 amide bonds. The van der Waals surface area contributed by atoms with Crippen LogP contribution in [0, 0.1) is 0 Å². The number of benzene rings is 2. The third kappa shape index (κ3) is 5.03. The quantitative estimate of drug-likeness (QED) is 0.725. The Morgan fingerprint density at radius 2 is 1.87 bits per heavy atom. The van der Waals surface area contributed by atoms with Crippen LogP contribution in [0.15, 0.2) is 48.5 Å². The highest BCUT2D eigenvalue weighted by Crippen LogP contribution is 2.29. The maximum atomic E-state index is 10.2. The van der Waals surface area contributed by atoms with Crippen molar-refractivity contribution in [1.29, 1.82) is 0 Å². The first kappa shape index (κ1) is 21.3. The average Bonchev–Trinajstić information content (AvgIpc) is 3.12. The highest BCUT2D eigenvalue weighted by Gasteiger charge is 2.39. The second-order valence-electron chi connectivity index (χ2n) is 8.55. The number of fused-ring (bicyclic) bond motifs is 1. The predicted molar refractivity (Wildman–Crippen MR) is 119 cm³/mol. The minimum Gasteiger partial charge on any atom is -0.496 e. The number of aliphatic hydroxyl groups is 1. The van der Waals surface area contributed by atoms with Crippen molar-refractivity contribution in [1.82, 2.24) is 9.80 Å². The molecule has 0 aliphatic carbocycles. The number of methoxy groups -OCH3 is 1. The van der Waals surface area contributed by atoms with E-state index in [9.17, 15) is 5.11 Å². The van der Waals surface area contributed by atoms with E-state index in [1.165, 1.54) is 11.1 Å². The molecule has 0 bridgehead atoms. The monoisotopic (exact) mass is 410 g/mol. The van der Waals surface area contributed by atoms with E-state index >= 15 is 0 Å². The van der Waals surface area contributed by atoms with Gasteiger partial charge in [0.05, 0.1) is 19.8 Å². The number of aliphatic hydroxyl groups excluding tert-OH is 1. The third-order valence-electron chi connectivity index (χ3n) is 6.42. The Balaban J connectivity index is 1.53. The van der Waals surface area contributed by atoms with E-state index in [0.717, 1.165) is 50.3 Å². The summed E-state index contributed by atoms with van der Waals surface area (Å²) >= 11 is 0. The third-order valence-corrected chi connectivity index (χ3v) is 6.42. The smallest absolute Gasteiger partial charge is 0.124 e.